The largest absolute Gasteiger partial charge is 0.384 e. The topological polar surface area (TPSA) is 78.7 Å². The average Bonchev–Trinajstić information content (AvgIpc) is 3.74. The second kappa shape index (κ2) is 14.9. The van der Waals surface area contributed by atoms with Crippen LogP contribution in [0.4, 0.5) is 5.95 Å². The number of aromatic nitrogens is 4. The summed E-state index contributed by atoms with van der Waals surface area (Å²) in [7, 11) is 0. The van der Waals surface area contributed by atoms with Gasteiger partial charge in [-0.2, -0.15) is 14.6 Å². The van der Waals surface area contributed by atoms with Gasteiger partial charge in [0.2, 0.25) is 5.95 Å². The van der Waals surface area contributed by atoms with Crippen molar-refractivity contribution in [3.8, 4) is 11.1 Å². The molecule has 0 saturated heterocycles. The van der Waals surface area contributed by atoms with E-state index >= 15 is 0 Å². The van der Waals surface area contributed by atoms with E-state index in [0.717, 1.165) is 79.6 Å². The maximum absolute atomic E-state index is 12.5. The van der Waals surface area contributed by atoms with Crippen LogP contribution in [0.2, 0.25) is 6.82 Å². The number of nitrogens with one attached hydrogen (secondary N) is 1. The van der Waals surface area contributed by atoms with Crippen LogP contribution in [0.3, 0.4) is 0 Å². The molecule has 1 saturated carbocycles. The molecule has 0 bridgehead atoms. The van der Waals surface area contributed by atoms with Crippen LogP contribution in [0.1, 0.15) is 61.9 Å². The second-order valence-corrected chi connectivity index (χ2v) is 12.3. The first-order valence-electron chi connectivity index (χ1n) is 15.7. The molecule has 2 aromatic heterocycles. The lowest BCUT2D eigenvalue weighted by molar-refractivity contribution is 0.0951. The molecule has 1 aliphatic carbocycles. The number of amides is 1. The van der Waals surface area contributed by atoms with E-state index < -0.39 is 0 Å². The van der Waals surface area contributed by atoms with Gasteiger partial charge in [-0.05, 0) is 82.0 Å². The lowest BCUT2D eigenvalue weighted by Crippen LogP contribution is -2.43. The molecule has 0 atom stereocenters. The maximum atomic E-state index is 12.5. The van der Waals surface area contributed by atoms with Crippen molar-refractivity contribution in [3.05, 3.63) is 71.9 Å². The second-order valence-electron chi connectivity index (χ2n) is 11.6. The summed E-state index contributed by atoms with van der Waals surface area (Å²) in [6.07, 6.45) is 10.3. The Morgan fingerprint density at radius 2 is 1.72 bits per heavy atom. The smallest absolute Gasteiger partial charge is 0.259 e. The molecule has 0 spiro atoms. The first-order chi connectivity index (χ1) is 21.0. The molecule has 0 radical (unpaired) electrons. The van der Waals surface area contributed by atoms with E-state index in [1.165, 1.54) is 18.4 Å². The van der Waals surface area contributed by atoms with Crippen LogP contribution in [-0.4, -0.2) is 75.7 Å². The molecule has 4 aromatic rings. The van der Waals surface area contributed by atoms with Crippen molar-refractivity contribution in [3.63, 3.8) is 0 Å². The van der Waals surface area contributed by atoms with E-state index in [1.54, 1.807) is 11.8 Å². The van der Waals surface area contributed by atoms with Gasteiger partial charge in [0.05, 0.1) is 6.20 Å². The van der Waals surface area contributed by atoms with Gasteiger partial charge in [-0.1, -0.05) is 80.5 Å². The highest BCUT2D eigenvalue weighted by molar-refractivity contribution is 7.98. The van der Waals surface area contributed by atoms with Crippen LogP contribution in [-0.2, 0) is 6.32 Å². The predicted molar refractivity (Wildman–Crippen MR) is 179 cm³/mol. The molecule has 1 fully saturated rings. The molecule has 5 rings (SSSR count). The minimum Gasteiger partial charge on any atom is -0.384 e. The van der Waals surface area contributed by atoms with Gasteiger partial charge in [-0.25, -0.2) is 4.98 Å². The van der Waals surface area contributed by atoms with Crippen molar-refractivity contribution in [2.45, 2.75) is 70.3 Å². The molecule has 2 aromatic carbocycles. The summed E-state index contributed by atoms with van der Waals surface area (Å²) < 4.78 is 1.90. The Balaban J connectivity index is 1.46. The van der Waals surface area contributed by atoms with Crippen molar-refractivity contribution < 1.29 is 4.79 Å². The van der Waals surface area contributed by atoms with Crippen molar-refractivity contribution in [2.75, 3.05) is 37.2 Å². The number of hydrogen-bond donors (Lipinski definition) is 1. The highest BCUT2D eigenvalue weighted by Gasteiger charge is 2.26. The molecule has 1 amide bonds. The number of nitrogens with zero attached hydrogens (tertiary/aromatic N) is 6. The van der Waals surface area contributed by atoms with E-state index in [2.05, 4.69) is 66.0 Å². The van der Waals surface area contributed by atoms with Gasteiger partial charge in [-0.15, -0.1) is 0 Å². The van der Waals surface area contributed by atoms with Gasteiger partial charge in [0, 0.05) is 23.7 Å². The van der Waals surface area contributed by atoms with Gasteiger partial charge in [-0.3, -0.25) is 4.79 Å². The minimum atomic E-state index is -0.0114. The van der Waals surface area contributed by atoms with E-state index in [-0.39, 0.29) is 12.8 Å². The SMILES string of the molecule is CCCN(CCC)CCCN(B(C)Cc1ccccc1)c1nc(SC)nc2c(-c3ccc(C(=O)NC4CC4)cc3)cnn12. The zero-order chi connectivity index (χ0) is 30.2. The lowest BCUT2D eigenvalue weighted by atomic mass is 9.58. The number of hydrogen-bond acceptors (Lipinski definition) is 7. The standard InChI is InChI=1S/C33H44BN7OS/c1-5-19-39(20-6-2)21-10-22-40(34(3)23-25-11-8-7-9-12-25)33-38-32(43-4)37-30-29(24-35-41(30)33)26-13-15-27(16-14-26)31(42)36-28-17-18-28/h7-9,11-16,24,28H,5-6,10,17-23H2,1-4H3,(H,36,42). The third kappa shape index (κ3) is 7.97. The van der Waals surface area contributed by atoms with Crippen LogP contribution in [0, 0.1) is 0 Å². The Labute approximate surface area is 260 Å². The highest BCUT2D eigenvalue weighted by atomic mass is 32.2. The summed E-state index contributed by atoms with van der Waals surface area (Å²) in [5, 5.41) is 8.63. The fourth-order valence-corrected chi connectivity index (χ4v) is 5.99. The number of thioether (sulfide) groups is 1. The van der Waals surface area contributed by atoms with Gasteiger partial charge < -0.3 is 15.0 Å². The maximum Gasteiger partial charge on any atom is 0.259 e. The van der Waals surface area contributed by atoms with Crippen LogP contribution < -0.4 is 10.1 Å². The lowest BCUT2D eigenvalue weighted by Gasteiger charge is -2.30. The van der Waals surface area contributed by atoms with Gasteiger partial charge in [0.1, 0.15) is 0 Å². The molecular weight excluding hydrogens is 553 g/mol. The van der Waals surface area contributed by atoms with E-state index in [0.29, 0.717) is 11.6 Å². The molecule has 2 heterocycles. The number of anilines is 1. The summed E-state index contributed by atoms with van der Waals surface area (Å²) in [5.74, 6) is 0.810. The van der Waals surface area contributed by atoms with Crippen molar-refractivity contribution in [2.24, 2.45) is 0 Å². The number of fused-ring (bicyclic) bond motifs is 1. The first-order valence-corrected chi connectivity index (χ1v) is 17.0. The third-order valence-corrected chi connectivity index (χ3v) is 8.55. The first kappa shape index (κ1) is 31.1. The van der Waals surface area contributed by atoms with Crippen LogP contribution in [0.25, 0.3) is 16.8 Å². The Morgan fingerprint density at radius 3 is 2.37 bits per heavy atom. The summed E-state index contributed by atoms with van der Waals surface area (Å²) in [5.41, 5.74) is 4.67. The summed E-state index contributed by atoms with van der Waals surface area (Å²) in [6, 6.07) is 18.8. The molecular formula is C33H44BN7OS. The monoisotopic (exact) mass is 597 g/mol. The normalized spacial score (nSPS) is 13.0. The van der Waals surface area contributed by atoms with Crippen molar-refractivity contribution in [1.82, 2.24) is 29.8 Å². The van der Waals surface area contributed by atoms with Crippen LogP contribution in [0.5, 0.6) is 0 Å². The van der Waals surface area contributed by atoms with E-state index in [1.807, 2.05) is 41.2 Å². The van der Waals surface area contributed by atoms with E-state index in [9.17, 15) is 4.79 Å². The summed E-state index contributed by atoms with van der Waals surface area (Å²) in [6.45, 7) is 11.2. The molecule has 0 aliphatic heterocycles. The van der Waals surface area contributed by atoms with Gasteiger partial charge >= 0.3 is 0 Å². The van der Waals surface area contributed by atoms with E-state index in [4.69, 9.17) is 15.1 Å². The summed E-state index contributed by atoms with van der Waals surface area (Å²) >= 11 is 1.55. The fraction of sp³-hybridized carbons (Fsp3) is 0.455. The Morgan fingerprint density at radius 1 is 1.00 bits per heavy atom. The van der Waals surface area contributed by atoms with Crippen LogP contribution in [0.15, 0.2) is 66.0 Å². The zero-order valence-corrected chi connectivity index (χ0v) is 26.8. The Bertz CT molecular complexity index is 1470. The minimum absolute atomic E-state index is 0.0114. The van der Waals surface area contributed by atoms with Crippen LogP contribution >= 0.6 is 11.8 Å². The Hall–Kier alpha value is -3.37. The fourth-order valence-electron chi connectivity index (χ4n) is 5.64. The van der Waals surface area contributed by atoms with Gasteiger partial charge in [0.15, 0.2) is 10.8 Å². The molecule has 1 N–H and O–H groups in total. The number of benzene rings is 2. The molecule has 43 heavy (non-hydrogen) atoms. The van der Waals surface area contributed by atoms with Crippen molar-refractivity contribution >= 4 is 36.1 Å². The highest BCUT2D eigenvalue weighted by Crippen LogP contribution is 2.29. The molecule has 1 aliphatic rings. The predicted octanol–water partition coefficient (Wildman–Crippen LogP) is 6.13. The zero-order valence-electron chi connectivity index (χ0n) is 26.0. The van der Waals surface area contributed by atoms with Gasteiger partial charge in [0.25, 0.3) is 12.8 Å². The third-order valence-electron chi connectivity index (χ3n) is 8.00. The number of carbonyl (C=O) groups is 1. The molecule has 226 valence electrons. The summed E-state index contributed by atoms with van der Waals surface area (Å²) in [4.78, 5) is 27.5. The molecule has 8 nitrogen and oxygen atoms in total. The number of carbonyl (C=O) groups excluding carboxylic acids is 1. The quantitative estimate of drug-likeness (QED) is 0.123. The average molecular weight is 598 g/mol. The van der Waals surface area contributed by atoms with Crippen molar-refractivity contribution in [1.29, 1.82) is 0 Å². The Kier molecular flexibility index (Phi) is 10.8. The number of rotatable bonds is 16. The molecule has 10 heteroatoms. The molecule has 0 unspecified atom stereocenters.